The summed E-state index contributed by atoms with van der Waals surface area (Å²) in [7, 11) is 1.55. The van der Waals surface area contributed by atoms with Crippen LogP contribution in [0, 0.1) is 16.7 Å². The van der Waals surface area contributed by atoms with Gasteiger partial charge < -0.3 is 5.32 Å². The van der Waals surface area contributed by atoms with Gasteiger partial charge in [0, 0.05) is 12.6 Å². The van der Waals surface area contributed by atoms with E-state index in [1.165, 1.54) is 4.90 Å². The molecule has 1 saturated heterocycles. The fourth-order valence-electron chi connectivity index (χ4n) is 2.94. The van der Waals surface area contributed by atoms with Crippen molar-refractivity contribution in [3.8, 4) is 17.2 Å². The van der Waals surface area contributed by atoms with E-state index in [9.17, 15) is 4.79 Å². The molecule has 5 nitrogen and oxygen atoms in total. The Kier molecular flexibility index (Phi) is 3.90. The molecule has 1 atom stereocenters. The zero-order valence-corrected chi connectivity index (χ0v) is 14.1. The molecule has 124 valence electrons. The van der Waals surface area contributed by atoms with E-state index in [1.807, 2.05) is 49.4 Å². The van der Waals surface area contributed by atoms with Crippen LogP contribution in [-0.2, 0) is 10.3 Å². The summed E-state index contributed by atoms with van der Waals surface area (Å²) in [5.41, 5.74) is 2.81. The molecule has 1 fully saturated rings. The predicted molar refractivity (Wildman–Crippen MR) is 96.7 cm³/mol. The molecule has 2 N–H and O–H groups in total. The minimum absolute atomic E-state index is 0.0387. The zero-order valence-electron chi connectivity index (χ0n) is 14.1. The molecule has 0 unspecified atom stereocenters. The minimum Gasteiger partial charge on any atom is -0.343 e. The highest BCUT2D eigenvalue weighted by Crippen LogP contribution is 2.34. The Morgan fingerprint density at radius 2 is 1.84 bits per heavy atom. The highest BCUT2D eigenvalue weighted by atomic mass is 16.2. The molecule has 0 saturated carbocycles. The number of guanidine groups is 1. The van der Waals surface area contributed by atoms with Gasteiger partial charge in [0.25, 0.3) is 5.91 Å². The lowest BCUT2D eigenvalue weighted by atomic mass is 9.82. The molecular formula is C20H18N4O. The highest BCUT2D eigenvalue weighted by Gasteiger charge is 2.41. The maximum Gasteiger partial charge on any atom is 0.258 e. The molecule has 5 heteroatoms. The molecule has 2 aromatic rings. The summed E-state index contributed by atoms with van der Waals surface area (Å²) >= 11 is 0. The first-order valence-corrected chi connectivity index (χ1v) is 7.82. The summed E-state index contributed by atoms with van der Waals surface area (Å²) in [5, 5.41) is 20.2. The number of nitrogens with zero attached hydrogens (tertiary/aromatic N) is 2. The van der Waals surface area contributed by atoms with Crippen molar-refractivity contribution in [1.29, 1.82) is 10.7 Å². The van der Waals surface area contributed by atoms with E-state index < -0.39 is 5.54 Å². The summed E-state index contributed by atoms with van der Waals surface area (Å²) in [5.74, 6) is -0.236. The van der Waals surface area contributed by atoms with Gasteiger partial charge in [-0.05, 0) is 41.8 Å². The van der Waals surface area contributed by atoms with Crippen molar-refractivity contribution in [1.82, 2.24) is 10.2 Å². The van der Waals surface area contributed by atoms with Crippen LogP contribution < -0.4 is 5.32 Å². The van der Waals surface area contributed by atoms with Crippen LogP contribution in [0.15, 0.2) is 60.7 Å². The molecule has 1 aliphatic heterocycles. The molecule has 0 radical (unpaired) electrons. The highest BCUT2D eigenvalue weighted by molar-refractivity contribution is 6.08. The topological polar surface area (TPSA) is 80.0 Å². The first-order valence-electron chi connectivity index (χ1n) is 7.82. The Morgan fingerprint density at radius 3 is 2.52 bits per heavy atom. The van der Waals surface area contributed by atoms with Gasteiger partial charge in [-0.25, -0.2) is 0 Å². The van der Waals surface area contributed by atoms with Gasteiger partial charge in [-0.1, -0.05) is 36.9 Å². The Bertz CT molecular complexity index is 941. The lowest BCUT2D eigenvalue weighted by Gasteiger charge is -2.41. The van der Waals surface area contributed by atoms with Gasteiger partial charge >= 0.3 is 0 Å². The van der Waals surface area contributed by atoms with Crippen molar-refractivity contribution in [2.24, 2.45) is 0 Å². The molecule has 1 aliphatic rings. The summed E-state index contributed by atoms with van der Waals surface area (Å²) in [4.78, 5) is 13.6. The van der Waals surface area contributed by atoms with Gasteiger partial charge in [-0.2, -0.15) is 5.26 Å². The number of hydrogen-bond donors (Lipinski definition) is 2. The Hall–Kier alpha value is -3.39. The number of likely N-dealkylation sites (N-methyl/N-ethyl adjacent to an activating group) is 1. The lowest BCUT2D eigenvalue weighted by molar-refractivity contribution is -0.124. The molecule has 0 aromatic heterocycles. The standard InChI is InChI=1S/C20H18N4O/c1-13-18(25)24(3)19(22)23-20(13,2)17-9-5-8-16(11-17)15-7-4-6-14(10-15)12-21/h4-11H,1H2,2-3H3,(H2,22,23)/t20-/m0/s1. The van der Waals surface area contributed by atoms with Crippen molar-refractivity contribution >= 4 is 11.9 Å². The van der Waals surface area contributed by atoms with E-state index in [2.05, 4.69) is 18.0 Å². The molecule has 0 spiro atoms. The van der Waals surface area contributed by atoms with Gasteiger partial charge in [-0.3, -0.25) is 15.1 Å². The second kappa shape index (κ2) is 5.91. The first kappa shape index (κ1) is 16.5. The average Bonchev–Trinajstić information content (AvgIpc) is 2.65. The summed E-state index contributed by atoms with van der Waals surface area (Å²) < 4.78 is 0. The minimum atomic E-state index is -0.858. The first-order chi connectivity index (χ1) is 11.9. The molecule has 0 bridgehead atoms. The molecule has 0 aliphatic carbocycles. The maximum atomic E-state index is 12.4. The fourth-order valence-corrected chi connectivity index (χ4v) is 2.94. The summed E-state index contributed by atoms with van der Waals surface area (Å²) in [6, 6.07) is 17.2. The molecule has 1 amide bonds. The zero-order chi connectivity index (χ0) is 18.2. The number of carbonyl (C=O) groups excluding carboxylic acids is 1. The van der Waals surface area contributed by atoms with E-state index in [-0.39, 0.29) is 11.9 Å². The SMILES string of the molecule is C=C1C(=O)N(C)C(=N)N[C@]1(C)c1cccc(-c2cccc(C#N)c2)c1. The number of rotatable bonds is 2. The van der Waals surface area contributed by atoms with Crippen LogP contribution in [0.4, 0.5) is 0 Å². The monoisotopic (exact) mass is 330 g/mol. The maximum absolute atomic E-state index is 12.4. The number of carbonyl (C=O) groups is 1. The van der Waals surface area contributed by atoms with Crippen molar-refractivity contribution in [2.45, 2.75) is 12.5 Å². The number of benzene rings is 2. The van der Waals surface area contributed by atoms with Crippen LogP contribution in [-0.4, -0.2) is 23.8 Å². The number of nitrogens with one attached hydrogen (secondary N) is 2. The van der Waals surface area contributed by atoms with Crippen molar-refractivity contribution in [3.63, 3.8) is 0 Å². The third-order valence-corrected chi connectivity index (χ3v) is 4.64. The van der Waals surface area contributed by atoms with Crippen molar-refractivity contribution in [3.05, 3.63) is 71.8 Å². The quantitative estimate of drug-likeness (QED) is 0.831. The summed E-state index contributed by atoms with van der Waals surface area (Å²) in [6.45, 7) is 5.79. The third-order valence-electron chi connectivity index (χ3n) is 4.64. The van der Waals surface area contributed by atoms with Gasteiger partial charge in [-0.15, -0.1) is 0 Å². The third kappa shape index (κ3) is 2.68. The predicted octanol–water partition coefficient (Wildman–Crippen LogP) is 2.99. The molecular weight excluding hydrogens is 312 g/mol. The van der Waals surface area contributed by atoms with Crippen LogP contribution in [0.3, 0.4) is 0 Å². The van der Waals surface area contributed by atoms with Crippen LogP contribution in [0.5, 0.6) is 0 Å². The smallest absolute Gasteiger partial charge is 0.258 e. The number of nitriles is 1. The number of amides is 1. The average molecular weight is 330 g/mol. The van der Waals surface area contributed by atoms with E-state index in [1.54, 1.807) is 13.1 Å². The van der Waals surface area contributed by atoms with Crippen LogP contribution in [0.1, 0.15) is 18.1 Å². The second-order valence-electron chi connectivity index (χ2n) is 6.21. The lowest BCUT2D eigenvalue weighted by Crippen LogP contribution is -2.59. The molecule has 25 heavy (non-hydrogen) atoms. The van der Waals surface area contributed by atoms with Gasteiger partial charge in [0.1, 0.15) is 0 Å². The molecule has 1 heterocycles. The van der Waals surface area contributed by atoms with Gasteiger partial charge in [0.15, 0.2) is 5.96 Å². The van der Waals surface area contributed by atoms with Gasteiger partial charge in [0.05, 0.1) is 17.2 Å². The van der Waals surface area contributed by atoms with Crippen LogP contribution in [0.25, 0.3) is 11.1 Å². The largest absolute Gasteiger partial charge is 0.343 e. The molecule has 2 aromatic carbocycles. The second-order valence-corrected chi connectivity index (χ2v) is 6.21. The molecule has 3 rings (SSSR count). The normalized spacial score (nSPS) is 20.2. The van der Waals surface area contributed by atoms with Crippen LogP contribution in [0.2, 0.25) is 0 Å². The Labute approximate surface area is 146 Å². The number of hydrogen-bond acceptors (Lipinski definition) is 3. The van der Waals surface area contributed by atoms with E-state index >= 15 is 0 Å². The van der Waals surface area contributed by atoms with E-state index in [0.29, 0.717) is 11.1 Å². The summed E-state index contributed by atoms with van der Waals surface area (Å²) in [6.07, 6.45) is 0. The van der Waals surface area contributed by atoms with Crippen molar-refractivity contribution < 1.29 is 4.79 Å². The fraction of sp³-hybridized carbons (Fsp3) is 0.150. The van der Waals surface area contributed by atoms with E-state index in [4.69, 9.17) is 10.7 Å². The Morgan fingerprint density at radius 1 is 1.20 bits per heavy atom. The van der Waals surface area contributed by atoms with Gasteiger partial charge in [0.2, 0.25) is 0 Å². The van der Waals surface area contributed by atoms with E-state index in [0.717, 1.165) is 16.7 Å². The Balaban J connectivity index is 2.07. The van der Waals surface area contributed by atoms with Crippen molar-refractivity contribution in [2.75, 3.05) is 7.05 Å². The van der Waals surface area contributed by atoms with Crippen LogP contribution >= 0.6 is 0 Å².